The molecule has 0 radical (unpaired) electrons. The van der Waals surface area contributed by atoms with E-state index in [1.807, 2.05) is 73.8 Å². The van der Waals surface area contributed by atoms with Gasteiger partial charge in [0.05, 0.1) is 11.4 Å². The Balaban J connectivity index is 1.55. The number of carbonyl (C=O) groups is 2. The fourth-order valence-corrected chi connectivity index (χ4v) is 5.31. The average molecular weight is 505 g/mol. The molecule has 0 unspecified atom stereocenters. The summed E-state index contributed by atoms with van der Waals surface area (Å²) in [6.07, 6.45) is 0.738. The molecule has 1 atom stereocenters. The van der Waals surface area contributed by atoms with Gasteiger partial charge in [-0.25, -0.2) is 0 Å². The standard InChI is InChI=1S/C27H25ClN4O2S/c1-3-19-7-4-5-8-22(19)32-25(33)23-15-21(24-9-6-14-35-24)30-31(23)17-27(32,2)26(34)29-16-18-10-12-20(28)13-11-18/h4-15H,3,16-17H2,1-2H3,(H,29,34)/t27-/m1/s1. The van der Waals surface area contributed by atoms with Gasteiger partial charge in [0.2, 0.25) is 5.91 Å². The highest BCUT2D eigenvalue weighted by atomic mass is 35.5. The van der Waals surface area contributed by atoms with Crippen molar-refractivity contribution in [3.05, 3.63) is 94.0 Å². The van der Waals surface area contributed by atoms with Crippen LogP contribution >= 0.6 is 22.9 Å². The molecule has 178 valence electrons. The molecule has 35 heavy (non-hydrogen) atoms. The summed E-state index contributed by atoms with van der Waals surface area (Å²) in [5.74, 6) is -0.484. The third kappa shape index (κ3) is 4.26. The number of halogens is 1. The molecule has 4 aromatic rings. The number of fused-ring (bicyclic) bond motifs is 1. The highest BCUT2D eigenvalue weighted by molar-refractivity contribution is 7.13. The maximum Gasteiger partial charge on any atom is 0.277 e. The zero-order chi connectivity index (χ0) is 24.6. The van der Waals surface area contributed by atoms with Gasteiger partial charge in [-0.05, 0) is 60.2 Å². The number of anilines is 1. The van der Waals surface area contributed by atoms with E-state index >= 15 is 0 Å². The molecule has 0 aliphatic carbocycles. The predicted molar refractivity (Wildman–Crippen MR) is 140 cm³/mol. The molecule has 0 saturated heterocycles. The highest BCUT2D eigenvalue weighted by Crippen LogP contribution is 2.36. The molecule has 0 bridgehead atoms. The van der Waals surface area contributed by atoms with Crippen molar-refractivity contribution in [2.75, 3.05) is 4.90 Å². The van der Waals surface area contributed by atoms with Crippen LogP contribution < -0.4 is 10.2 Å². The lowest BCUT2D eigenvalue weighted by Gasteiger charge is -2.43. The van der Waals surface area contributed by atoms with E-state index in [0.29, 0.717) is 17.3 Å². The van der Waals surface area contributed by atoms with Gasteiger partial charge in [0.15, 0.2) is 0 Å². The summed E-state index contributed by atoms with van der Waals surface area (Å²) in [6, 6.07) is 20.8. The minimum absolute atomic E-state index is 0.239. The van der Waals surface area contributed by atoms with Crippen molar-refractivity contribution in [2.24, 2.45) is 0 Å². The van der Waals surface area contributed by atoms with E-state index in [9.17, 15) is 9.59 Å². The van der Waals surface area contributed by atoms with Gasteiger partial charge in [-0.15, -0.1) is 11.3 Å². The second kappa shape index (κ2) is 9.32. The number of nitrogens with zero attached hydrogens (tertiary/aromatic N) is 3. The Kier molecular flexibility index (Phi) is 6.21. The summed E-state index contributed by atoms with van der Waals surface area (Å²) in [7, 11) is 0. The van der Waals surface area contributed by atoms with Gasteiger partial charge in [-0.3, -0.25) is 19.2 Å². The molecule has 1 aliphatic rings. The molecule has 1 aliphatic heterocycles. The van der Waals surface area contributed by atoms with Crippen LogP contribution in [0.3, 0.4) is 0 Å². The van der Waals surface area contributed by atoms with Crippen LogP contribution in [0.2, 0.25) is 5.02 Å². The molecule has 3 heterocycles. The van der Waals surface area contributed by atoms with Crippen molar-refractivity contribution < 1.29 is 9.59 Å². The summed E-state index contributed by atoms with van der Waals surface area (Å²) in [5, 5.41) is 10.4. The molecule has 2 aromatic carbocycles. The second-order valence-corrected chi connectivity index (χ2v) is 10.1. The van der Waals surface area contributed by atoms with Crippen molar-refractivity contribution in [3.8, 4) is 10.6 Å². The van der Waals surface area contributed by atoms with Crippen LogP contribution in [0.5, 0.6) is 0 Å². The molecule has 5 rings (SSSR count). The van der Waals surface area contributed by atoms with Crippen LogP contribution in [0.4, 0.5) is 5.69 Å². The van der Waals surface area contributed by atoms with Crippen LogP contribution in [-0.4, -0.2) is 27.1 Å². The molecule has 0 saturated carbocycles. The topological polar surface area (TPSA) is 67.2 Å². The third-order valence-corrected chi connectivity index (χ3v) is 7.54. The van der Waals surface area contributed by atoms with E-state index in [0.717, 1.165) is 33.8 Å². The molecule has 1 N–H and O–H groups in total. The van der Waals surface area contributed by atoms with Gasteiger partial charge >= 0.3 is 0 Å². The molecule has 2 aromatic heterocycles. The Morgan fingerprint density at radius 1 is 1.14 bits per heavy atom. The summed E-state index contributed by atoms with van der Waals surface area (Å²) in [6.45, 7) is 4.42. The predicted octanol–water partition coefficient (Wildman–Crippen LogP) is 5.56. The number of amides is 2. The Morgan fingerprint density at radius 3 is 2.63 bits per heavy atom. The molecule has 2 amide bonds. The molecule has 0 fully saturated rings. The first-order valence-electron chi connectivity index (χ1n) is 11.5. The summed E-state index contributed by atoms with van der Waals surface area (Å²) < 4.78 is 1.67. The lowest BCUT2D eigenvalue weighted by molar-refractivity contribution is -0.126. The Labute approximate surface area is 213 Å². The first kappa shape index (κ1) is 23.3. The van der Waals surface area contributed by atoms with Crippen LogP contribution in [0.1, 0.15) is 35.5 Å². The number of nitrogens with one attached hydrogen (secondary N) is 1. The van der Waals surface area contributed by atoms with Crippen molar-refractivity contribution in [3.63, 3.8) is 0 Å². The zero-order valence-electron chi connectivity index (χ0n) is 19.5. The minimum Gasteiger partial charge on any atom is -0.350 e. The summed E-state index contributed by atoms with van der Waals surface area (Å²) in [5.41, 5.74) is 2.70. The van der Waals surface area contributed by atoms with Crippen LogP contribution in [0.15, 0.2) is 72.1 Å². The van der Waals surface area contributed by atoms with Gasteiger partial charge in [-0.2, -0.15) is 5.10 Å². The molecule has 6 nitrogen and oxygen atoms in total. The first-order valence-corrected chi connectivity index (χ1v) is 12.7. The molecular formula is C27H25ClN4O2S. The van der Waals surface area contributed by atoms with E-state index in [1.165, 1.54) is 0 Å². The van der Waals surface area contributed by atoms with E-state index in [-0.39, 0.29) is 18.4 Å². The van der Waals surface area contributed by atoms with E-state index in [2.05, 4.69) is 5.32 Å². The average Bonchev–Trinajstić information content (AvgIpc) is 3.54. The monoisotopic (exact) mass is 504 g/mol. The maximum absolute atomic E-state index is 14.0. The van der Waals surface area contributed by atoms with Gasteiger partial charge < -0.3 is 5.32 Å². The maximum atomic E-state index is 14.0. The van der Waals surface area contributed by atoms with Crippen molar-refractivity contribution in [1.82, 2.24) is 15.1 Å². The lowest BCUT2D eigenvalue weighted by atomic mass is 9.92. The number of para-hydroxylation sites is 1. The number of aryl methyl sites for hydroxylation is 1. The van der Waals surface area contributed by atoms with Gasteiger partial charge in [0.1, 0.15) is 16.9 Å². The fraction of sp³-hybridized carbons (Fsp3) is 0.222. The van der Waals surface area contributed by atoms with Crippen LogP contribution in [-0.2, 0) is 24.3 Å². The van der Waals surface area contributed by atoms with Crippen LogP contribution in [0.25, 0.3) is 10.6 Å². The van der Waals surface area contributed by atoms with E-state index in [1.54, 1.807) is 33.1 Å². The number of thiophene rings is 1. The van der Waals surface area contributed by atoms with Gasteiger partial charge in [-0.1, -0.05) is 54.9 Å². The summed E-state index contributed by atoms with van der Waals surface area (Å²) >= 11 is 7.56. The minimum atomic E-state index is -1.18. The SMILES string of the molecule is CCc1ccccc1N1C(=O)c2cc(-c3cccs3)nn2C[C@]1(C)C(=O)NCc1ccc(Cl)cc1. The smallest absolute Gasteiger partial charge is 0.277 e. The Bertz CT molecular complexity index is 1380. The molecular weight excluding hydrogens is 480 g/mol. The molecule has 8 heteroatoms. The van der Waals surface area contributed by atoms with Crippen molar-refractivity contribution in [1.29, 1.82) is 0 Å². The largest absolute Gasteiger partial charge is 0.350 e. The Hall–Kier alpha value is -3.42. The summed E-state index contributed by atoms with van der Waals surface area (Å²) in [4.78, 5) is 30.4. The van der Waals surface area contributed by atoms with E-state index < -0.39 is 5.54 Å². The Morgan fingerprint density at radius 2 is 1.91 bits per heavy atom. The zero-order valence-corrected chi connectivity index (χ0v) is 21.1. The normalized spacial score (nSPS) is 17.3. The van der Waals surface area contributed by atoms with Crippen molar-refractivity contribution >= 4 is 40.4 Å². The number of benzene rings is 2. The number of carbonyl (C=O) groups excluding carboxylic acids is 2. The van der Waals surface area contributed by atoms with E-state index in [4.69, 9.17) is 16.7 Å². The van der Waals surface area contributed by atoms with Crippen molar-refractivity contribution in [2.45, 2.75) is 38.9 Å². The fourth-order valence-electron chi connectivity index (χ4n) is 4.51. The van der Waals surface area contributed by atoms with Gasteiger partial charge in [0.25, 0.3) is 5.91 Å². The third-order valence-electron chi connectivity index (χ3n) is 6.40. The number of hydrogen-bond donors (Lipinski definition) is 1. The number of rotatable bonds is 6. The number of aromatic nitrogens is 2. The van der Waals surface area contributed by atoms with Gasteiger partial charge in [0, 0.05) is 17.3 Å². The lowest BCUT2D eigenvalue weighted by Crippen LogP contribution is -2.64. The van der Waals surface area contributed by atoms with Crippen LogP contribution in [0, 0.1) is 0 Å². The first-order chi connectivity index (χ1) is 16.9. The highest BCUT2D eigenvalue weighted by Gasteiger charge is 2.49. The number of hydrogen-bond acceptors (Lipinski definition) is 4. The quantitative estimate of drug-likeness (QED) is 0.373. The second-order valence-electron chi connectivity index (χ2n) is 8.76. The molecule has 0 spiro atoms.